The zero-order valence-electron chi connectivity index (χ0n) is 14.1. The Bertz CT molecular complexity index is 645. The Labute approximate surface area is 142 Å². The van der Waals surface area contributed by atoms with Gasteiger partial charge < -0.3 is 15.4 Å². The van der Waals surface area contributed by atoms with Gasteiger partial charge >= 0.3 is 12.0 Å². The van der Waals surface area contributed by atoms with Crippen molar-refractivity contribution in [1.82, 2.24) is 10.6 Å². The number of amides is 2. The van der Waals surface area contributed by atoms with E-state index in [4.69, 9.17) is 4.74 Å². The Morgan fingerprint density at radius 3 is 1.79 bits per heavy atom. The van der Waals surface area contributed by atoms with E-state index in [0.29, 0.717) is 0 Å². The van der Waals surface area contributed by atoms with Crippen molar-refractivity contribution in [3.05, 3.63) is 71.8 Å². The van der Waals surface area contributed by atoms with Crippen molar-refractivity contribution in [2.45, 2.75) is 25.4 Å². The van der Waals surface area contributed by atoms with Crippen molar-refractivity contribution < 1.29 is 14.3 Å². The molecule has 0 aliphatic heterocycles. The zero-order valence-corrected chi connectivity index (χ0v) is 14.1. The van der Waals surface area contributed by atoms with Gasteiger partial charge in [-0.1, -0.05) is 60.7 Å². The first-order valence-electron chi connectivity index (χ1n) is 7.71. The molecular weight excluding hydrogens is 304 g/mol. The van der Waals surface area contributed by atoms with Gasteiger partial charge in [0.1, 0.15) is 5.54 Å². The molecule has 5 heteroatoms. The molecule has 2 aromatic rings. The summed E-state index contributed by atoms with van der Waals surface area (Å²) in [6.07, 6.45) is 0. The van der Waals surface area contributed by atoms with E-state index in [9.17, 15) is 9.59 Å². The molecule has 0 aliphatic carbocycles. The van der Waals surface area contributed by atoms with E-state index >= 15 is 0 Å². The van der Waals surface area contributed by atoms with Gasteiger partial charge in [-0.25, -0.2) is 9.59 Å². The van der Waals surface area contributed by atoms with E-state index < -0.39 is 17.5 Å². The lowest BCUT2D eigenvalue weighted by Gasteiger charge is -2.26. The topological polar surface area (TPSA) is 67.4 Å². The zero-order chi connectivity index (χ0) is 17.6. The maximum atomic E-state index is 12.4. The molecule has 0 spiro atoms. The highest BCUT2D eigenvalue weighted by Gasteiger charge is 2.31. The third-order valence-corrected chi connectivity index (χ3v) is 3.66. The second kappa shape index (κ2) is 7.64. The highest BCUT2D eigenvalue weighted by Crippen LogP contribution is 2.21. The average molecular weight is 326 g/mol. The average Bonchev–Trinajstić information content (AvgIpc) is 2.60. The standard InChI is InChI=1S/C19H22N2O3/c1-19(2,17(22)24-3)21-18(23)20-16(14-10-6-4-7-11-14)15-12-8-5-9-13-15/h4-13,16H,1-3H3,(H2,20,21,23). The number of carbonyl (C=O) groups excluding carboxylic acids is 2. The van der Waals surface area contributed by atoms with E-state index in [2.05, 4.69) is 10.6 Å². The molecule has 0 heterocycles. The van der Waals surface area contributed by atoms with Crippen LogP contribution in [0, 0.1) is 0 Å². The van der Waals surface area contributed by atoms with Crippen LogP contribution in [-0.2, 0) is 9.53 Å². The molecule has 0 aliphatic rings. The molecule has 2 amide bonds. The SMILES string of the molecule is COC(=O)C(C)(C)NC(=O)NC(c1ccccc1)c1ccccc1. The van der Waals surface area contributed by atoms with Crippen LogP contribution >= 0.6 is 0 Å². The minimum atomic E-state index is -1.11. The third kappa shape index (κ3) is 4.35. The van der Waals surface area contributed by atoms with Crippen molar-refractivity contribution in [1.29, 1.82) is 0 Å². The monoisotopic (exact) mass is 326 g/mol. The Morgan fingerprint density at radius 2 is 1.38 bits per heavy atom. The number of esters is 1. The van der Waals surface area contributed by atoms with E-state index in [1.54, 1.807) is 13.8 Å². The molecule has 0 aromatic heterocycles. The van der Waals surface area contributed by atoms with Crippen LogP contribution in [-0.4, -0.2) is 24.6 Å². The normalized spacial score (nSPS) is 11.0. The van der Waals surface area contributed by atoms with Gasteiger partial charge in [-0.05, 0) is 25.0 Å². The van der Waals surface area contributed by atoms with Gasteiger partial charge in [-0.3, -0.25) is 0 Å². The van der Waals surface area contributed by atoms with Gasteiger partial charge in [-0.2, -0.15) is 0 Å². The van der Waals surface area contributed by atoms with Crippen LogP contribution in [0.4, 0.5) is 4.79 Å². The Balaban J connectivity index is 2.20. The van der Waals surface area contributed by atoms with Gasteiger partial charge in [0.25, 0.3) is 0 Å². The fourth-order valence-corrected chi connectivity index (χ4v) is 2.41. The first-order valence-corrected chi connectivity index (χ1v) is 7.71. The van der Waals surface area contributed by atoms with Crippen LogP contribution in [0.5, 0.6) is 0 Å². The summed E-state index contributed by atoms with van der Waals surface area (Å²) >= 11 is 0. The van der Waals surface area contributed by atoms with Crippen LogP contribution in [0.15, 0.2) is 60.7 Å². The lowest BCUT2D eigenvalue weighted by Crippen LogP contribution is -2.54. The van der Waals surface area contributed by atoms with E-state index in [1.165, 1.54) is 7.11 Å². The number of hydrogen-bond acceptors (Lipinski definition) is 3. The molecular formula is C19H22N2O3. The molecule has 2 aromatic carbocycles. The third-order valence-electron chi connectivity index (χ3n) is 3.66. The summed E-state index contributed by atoms with van der Waals surface area (Å²) in [6.45, 7) is 3.19. The number of nitrogens with one attached hydrogen (secondary N) is 2. The van der Waals surface area contributed by atoms with Gasteiger partial charge in [0.05, 0.1) is 13.2 Å². The maximum Gasteiger partial charge on any atom is 0.331 e. The van der Waals surface area contributed by atoms with E-state index in [-0.39, 0.29) is 6.04 Å². The number of rotatable bonds is 5. The second-order valence-electron chi connectivity index (χ2n) is 5.97. The molecule has 24 heavy (non-hydrogen) atoms. The summed E-state index contributed by atoms with van der Waals surface area (Å²) < 4.78 is 4.71. The van der Waals surface area contributed by atoms with Crippen molar-refractivity contribution in [3.8, 4) is 0 Å². The molecule has 5 nitrogen and oxygen atoms in total. The number of ether oxygens (including phenoxy) is 1. The summed E-state index contributed by atoms with van der Waals surface area (Å²) in [7, 11) is 1.29. The summed E-state index contributed by atoms with van der Waals surface area (Å²) in [5.74, 6) is -0.506. The number of hydrogen-bond donors (Lipinski definition) is 2. The number of methoxy groups -OCH3 is 1. The molecule has 0 unspecified atom stereocenters. The largest absolute Gasteiger partial charge is 0.467 e. The highest BCUT2D eigenvalue weighted by atomic mass is 16.5. The predicted molar refractivity (Wildman–Crippen MR) is 92.5 cm³/mol. The van der Waals surface area contributed by atoms with Crippen LogP contribution in [0.25, 0.3) is 0 Å². The van der Waals surface area contributed by atoms with Crippen LogP contribution in [0.3, 0.4) is 0 Å². The number of benzene rings is 2. The fourth-order valence-electron chi connectivity index (χ4n) is 2.41. The van der Waals surface area contributed by atoms with Crippen LogP contribution in [0.2, 0.25) is 0 Å². The molecule has 126 valence electrons. The Hall–Kier alpha value is -2.82. The summed E-state index contributed by atoms with van der Waals surface area (Å²) in [5.41, 5.74) is 0.793. The van der Waals surface area contributed by atoms with Gasteiger partial charge in [0, 0.05) is 0 Å². The summed E-state index contributed by atoms with van der Waals surface area (Å²) in [5, 5.41) is 5.58. The molecule has 2 rings (SSSR count). The number of carbonyl (C=O) groups is 2. The van der Waals surface area contributed by atoms with Crippen molar-refractivity contribution in [2.24, 2.45) is 0 Å². The molecule has 0 radical (unpaired) electrons. The fraction of sp³-hybridized carbons (Fsp3) is 0.263. The van der Waals surface area contributed by atoms with Gasteiger partial charge in [-0.15, -0.1) is 0 Å². The van der Waals surface area contributed by atoms with Gasteiger partial charge in [0.2, 0.25) is 0 Å². The number of urea groups is 1. The highest BCUT2D eigenvalue weighted by molar-refractivity contribution is 5.86. The molecule has 0 atom stereocenters. The van der Waals surface area contributed by atoms with Crippen molar-refractivity contribution in [3.63, 3.8) is 0 Å². The van der Waals surface area contributed by atoms with Crippen LogP contribution in [0.1, 0.15) is 31.0 Å². The molecule has 0 saturated heterocycles. The lowest BCUT2D eigenvalue weighted by molar-refractivity contribution is -0.146. The van der Waals surface area contributed by atoms with Crippen molar-refractivity contribution >= 4 is 12.0 Å². The quantitative estimate of drug-likeness (QED) is 0.830. The minimum Gasteiger partial charge on any atom is -0.467 e. The molecule has 2 N–H and O–H groups in total. The summed E-state index contributed by atoms with van der Waals surface area (Å²) in [6, 6.07) is 18.6. The smallest absolute Gasteiger partial charge is 0.331 e. The Morgan fingerprint density at radius 1 is 0.917 bits per heavy atom. The Kier molecular flexibility index (Phi) is 5.58. The summed E-state index contributed by atoms with van der Waals surface area (Å²) in [4.78, 5) is 24.1. The van der Waals surface area contributed by atoms with E-state index in [1.807, 2.05) is 60.7 Å². The lowest BCUT2D eigenvalue weighted by atomic mass is 9.99. The molecule has 0 saturated carbocycles. The van der Waals surface area contributed by atoms with Crippen molar-refractivity contribution in [2.75, 3.05) is 7.11 Å². The molecule has 0 fully saturated rings. The predicted octanol–water partition coefficient (Wildman–Crippen LogP) is 3.03. The molecule has 0 bridgehead atoms. The minimum absolute atomic E-state index is 0.319. The second-order valence-corrected chi connectivity index (χ2v) is 5.97. The van der Waals surface area contributed by atoms with Crippen LogP contribution < -0.4 is 10.6 Å². The van der Waals surface area contributed by atoms with Gasteiger partial charge in [0.15, 0.2) is 0 Å². The van der Waals surface area contributed by atoms with E-state index in [0.717, 1.165) is 11.1 Å². The maximum absolute atomic E-state index is 12.4. The first kappa shape index (κ1) is 17.5. The first-order chi connectivity index (χ1) is 11.4.